The maximum atomic E-state index is 13.0. The van der Waals surface area contributed by atoms with Crippen LogP contribution in [0.1, 0.15) is 303 Å². The lowest BCUT2D eigenvalue weighted by atomic mass is 9.99. The molecule has 0 saturated carbocycles. The zero-order valence-electron chi connectivity index (χ0n) is 51.5. The van der Waals surface area contributed by atoms with Crippen LogP contribution in [0.4, 0.5) is 0 Å². The van der Waals surface area contributed by atoms with Gasteiger partial charge in [-0.15, -0.1) is 0 Å². The molecule has 11 heteroatoms. The summed E-state index contributed by atoms with van der Waals surface area (Å²) in [5.41, 5.74) is 0. The second-order valence-electron chi connectivity index (χ2n) is 23.2. The van der Waals surface area contributed by atoms with Crippen LogP contribution in [0.3, 0.4) is 0 Å². The van der Waals surface area contributed by atoms with Gasteiger partial charge in [-0.25, -0.2) is 0 Å². The van der Waals surface area contributed by atoms with Crippen LogP contribution < -0.4 is 5.32 Å². The van der Waals surface area contributed by atoms with Crippen molar-refractivity contribution in [1.29, 1.82) is 0 Å². The average Bonchev–Trinajstić information content (AvgIpc) is 3.46. The Labute approximate surface area is 490 Å². The van der Waals surface area contributed by atoms with Gasteiger partial charge in [-0.3, -0.25) is 9.59 Å². The molecule has 1 aliphatic rings. The second kappa shape index (κ2) is 58.1. The minimum absolute atomic E-state index is 0.00666. The standard InChI is InChI=1S/C69H125NO10/c1-3-5-7-9-11-13-36-41-45-49-53-57-65(74)78-58-54-50-46-42-38-35-33-31-29-27-25-23-21-19-17-15-16-18-20-22-24-26-28-30-32-34-37-40-44-48-52-56-64(73)70-61(60-79-69-68(77)67(76)66(75)63(59-71)80-69)62(72)55-51-47-43-39-14-12-10-8-6-4-2/h9,11,14,17,19,23,25,39,51,55,61-63,66-69,71-72,75-77H,3-8,10,12-13,15-16,18,20-22,24,26-38,40-50,52-54,56-60H2,1-2H3,(H,70,73)/b11-9-,19-17-,25-23-,39-14+,55-51+. The molecule has 1 saturated heterocycles. The van der Waals surface area contributed by atoms with E-state index >= 15 is 0 Å². The lowest BCUT2D eigenvalue weighted by molar-refractivity contribution is -0.302. The van der Waals surface area contributed by atoms with E-state index in [1.165, 1.54) is 212 Å². The smallest absolute Gasteiger partial charge is 0.305 e. The van der Waals surface area contributed by atoms with Crippen molar-refractivity contribution >= 4 is 11.9 Å². The van der Waals surface area contributed by atoms with Gasteiger partial charge in [-0.2, -0.15) is 0 Å². The van der Waals surface area contributed by atoms with Crippen LogP contribution in [0, 0.1) is 0 Å². The Morgan fingerprint density at radius 3 is 1.35 bits per heavy atom. The van der Waals surface area contributed by atoms with Crippen LogP contribution in [0.2, 0.25) is 0 Å². The van der Waals surface area contributed by atoms with Gasteiger partial charge in [0, 0.05) is 12.8 Å². The summed E-state index contributed by atoms with van der Waals surface area (Å²) in [6.07, 6.45) is 66.5. The van der Waals surface area contributed by atoms with Gasteiger partial charge in [0.2, 0.25) is 5.91 Å². The highest BCUT2D eigenvalue weighted by atomic mass is 16.7. The number of ether oxygens (including phenoxy) is 3. The third kappa shape index (κ3) is 46.8. The fraction of sp³-hybridized carbons (Fsp3) is 0.826. The third-order valence-corrected chi connectivity index (χ3v) is 15.6. The van der Waals surface area contributed by atoms with E-state index in [1.807, 2.05) is 6.08 Å². The van der Waals surface area contributed by atoms with Crippen molar-refractivity contribution in [1.82, 2.24) is 5.32 Å². The molecule has 1 rings (SSSR count). The number of esters is 1. The molecule has 11 nitrogen and oxygen atoms in total. The summed E-state index contributed by atoms with van der Waals surface area (Å²) in [5.74, 6) is -0.200. The summed E-state index contributed by atoms with van der Waals surface area (Å²) in [6, 6.07) is -0.827. The third-order valence-electron chi connectivity index (χ3n) is 15.6. The number of unbranched alkanes of at least 4 members (excludes halogenated alkanes) is 36. The van der Waals surface area contributed by atoms with E-state index in [0.717, 1.165) is 64.2 Å². The number of hydrogen-bond acceptors (Lipinski definition) is 10. The van der Waals surface area contributed by atoms with Gasteiger partial charge >= 0.3 is 5.97 Å². The highest BCUT2D eigenvalue weighted by Crippen LogP contribution is 2.23. The number of rotatable bonds is 58. The number of hydrogen-bond donors (Lipinski definition) is 6. The molecule has 80 heavy (non-hydrogen) atoms. The van der Waals surface area contributed by atoms with Crippen molar-refractivity contribution in [2.75, 3.05) is 19.8 Å². The molecule has 466 valence electrons. The molecule has 7 atom stereocenters. The first kappa shape index (κ1) is 75.4. The molecule has 0 aromatic heterocycles. The zero-order chi connectivity index (χ0) is 58.0. The summed E-state index contributed by atoms with van der Waals surface area (Å²) in [4.78, 5) is 25.0. The molecule has 0 aromatic rings. The molecule has 1 heterocycles. The predicted octanol–water partition coefficient (Wildman–Crippen LogP) is 16.6. The highest BCUT2D eigenvalue weighted by Gasteiger charge is 2.44. The van der Waals surface area contributed by atoms with Crippen molar-refractivity contribution in [3.05, 3.63) is 60.8 Å². The van der Waals surface area contributed by atoms with Crippen LogP contribution in [-0.4, -0.2) is 100 Å². The minimum Gasteiger partial charge on any atom is -0.466 e. The van der Waals surface area contributed by atoms with Gasteiger partial charge in [0.05, 0.1) is 32.0 Å². The Morgan fingerprint density at radius 2 is 0.863 bits per heavy atom. The van der Waals surface area contributed by atoms with E-state index in [4.69, 9.17) is 14.2 Å². The molecular formula is C69H125NO10. The molecule has 1 aliphatic heterocycles. The lowest BCUT2D eigenvalue weighted by Gasteiger charge is -2.40. The van der Waals surface area contributed by atoms with Crippen LogP contribution in [0.5, 0.6) is 0 Å². The largest absolute Gasteiger partial charge is 0.466 e. The number of carbonyl (C=O) groups is 2. The topological polar surface area (TPSA) is 175 Å². The Bertz CT molecular complexity index is 1510. The summed E-state index contributed by atoms with van der Waals surface area (Å²) < 4.78 is 16.7. The molecule has 0 aromatic carbocycles. The first-order chi connectivity index (χ1) is 39.2. The molecule has 6 N–H and O–H groups in total. The second-order valence-corrected chi connectivity index (χ2v) is 23.2. The monoisotopic (exact) mass is 1130 g/mol. The first-order valence-corrected chi connectivity index (χ1v) is 33.6. The zero-order valence-corrected chi connectivity index (χ0v) is 51.5. The quantitative estimate of drug-likeness (QED) is 0.0195. The summed E-state index contributed by atoms with van der Waals surface area (Å²) >= 11 is 0. The van der Waals surface area contributed by atoms with Gasteiger partial charge in [0.25, 0.3) is 0 Å². The van der Waals surface area contributed by atoms with Crippen molar-refractivity contribution in [2.45, 2.75) is 346 Å². The van der Waals surface area contributed by atoms with E-state index in [1.54, 1.807) is 6.08 Å². The number of aliphatic hydroxyl groups excluding tert-OH is 5. The van der Waals surface area contributed by atoms with Gasteiger partial charge < -0.3 is 45.1 Å². The van der Waals surface area contributed by atoms with E-state index < -0.39 is 49.5 Å². The Morgan fingerprint density at radius 1 is 0.463 bits per heavy atom. The van der Waals surface area contributed by atoms with Crippen LogP contribution in [0.15, 0.2) is 60.8 Å². The number of carbonyl (C=O) groups excluding carboxylic acids is 2. The molecular weight excluding hydrogens is 1000 g/mol. The van der Waals surface area contributed by atoms with Crippen molar-refractivity contribution < 1.29 is 49.3 Å². The molecule has 0 spiro atoms. The molecule has 0 bridgehead atoms. The fourth-order valence-corrected chi connectivity index (χ4v) is 10.2. The van der Waals surface area contributed by atoms with Gasteiger partial charge in [-0.1, -0.05) is 254 Å². The molecule has 1 fully saturated rings. The maximum absolute atomic E-state index is 13.0. The van der Waals surface area contributed by atoms with Gasteiger partial charge in [0.1, 0.15) is 24.4 Å². The molecule has 0 radical (unpaired) electrons. The van der Waals surface area contributed by atoms with Gasteiger partial charge in [-0.05, 0) is 96.3 Å². The van der Waals surface area contributed by atoms with Crippen LogP contribution in [-0.2, 0) is 23.8 Å². The number of aliphatic hydroxyl groups is 5. The van der Waals surface area contributed by atoms with Crippen molar-refractivity contribution in [3.63, 3.8) is 0 Å². The normalized spacial score (nSPS) is 18.7. The minimum atomic E-state index is -1.58. The molecule has 7 unspecified atom stereocenters. The Kier molecular flexibility index (Phi) is 54.8. The van der Waals surface area contributed by atoms with Crippen LogP contribution >= 0.6 is 0 Å². The van der Waals surface area contributed by atoms with Gasteiger partial charge in [0.15, 0.2) is 6.29 Å². The van der Waals surface area contributed by atoms with E-state index in [0.29, 0.717) is 19.4 Å². The fourth-order valence-electron chi connectivity index (χ4n) is 10.2. The molecule has 0 aliphatic carbocycles. The van der Waals surface area contributed by atoms with E-state index in [-0.39, 0.29) is 18.5 Å². The number of amides is 1. The first-order valence-electron chi connectivity index (χ1n) is 33.6. The SMILES string of the molecule is CCCC/C=C\CCCCCCCC(=O)OCCCCCCCCCCC/C=C\C/C=C\CCCCCCCCCCCCCCCCCC(=O)NC(COC1OC(CO)C(O)C(O)C1O)C(O)/C=C/CC/C=C/CCCCCC. The lowest BCUT2D eigenvalue weighted by Crippen LogP contribution is -2.60. The van der Waals surface area contributed by atoms with Crippen LogP contribution in [0.25, 0.3) is 0 Å². The van der Waals surface area contributed by atoms with Crippen molar-refractivity contribution in [2.24, 2.45) is 0 Å². The summed E-state index contributed by atoms with van der Waals surface area (Å²) in [7, 11) is 0. The maximum Gasteiger partial charge on any atom is 0.305 e. The highest BCUT2D eigenvalue weighted by molar-refractivity contribution is 5.76. The molecule has 1 amide bonds. The summed E-state index contributed by atoms with van der Waals surface area (Å²) in [6.45, 7) is 4.26. The van der Waals surface area contributed by atoms with Crippen molar-refractivity contribution in [3.8, 4) is 0 Å². The Hall–Kier alpha value is -2.64. The summed E-state index contributed by atoms with van der Waals surface area (Å²) in [5, 5.41) is 54.3. The predicted molar refractivity (Wildman–Crippen MR) is 333 cm³/mol. The van der Waals surface area contributed by atoms with E-state index in [2.05, 4.69) is 67.8 Å². The number of nitrogens with one attached hydrogen (secondary N) is 1. The van der Waals surface area contributed by atoms with E-state index in [9.17, 15) is 35.1 Å². The average molecular weight is 1130 g/mol. The number of allylic oxidation sites excluding steroid dienone is 9. The Balaban J connectivity index is 1.97.